The average Bonchev–Trinajstić information content (AvgIpc) is 2.42. The van der Waals surface area contributed by atoms with Gasteiger partial charge in [0.25, 0.3) is 0 Å². The summed E-state index contributed by atoms with van der Waals surface area (Å²) < 4.78 is 0. The molecule has 5 nitrogen and oxygen atoms in total. The van der Waals surface area contributed by atoms with Gasteiger partial charge in [-0.15, -0.1) is 0 Å². The van der Waals surface area contributed by atoms with E-state index in [-0.39, 0.29) is 5.56 Å². The molecule has 1 heterocycles. The Morgan fingerprint density at radius 3 is 2.80 bits per heavy atom. The molecule has 1 fully saturated rings. The van der Waals surface area contributed by atoms with E-state index in [9.17, 15) is 4.79 Å². The zero-order chi connectivity index (χ0) is 14.5. The number of hydrogen-bond acceptors (Lipinski definition) is 4. The lowest BCUT2D eigenvalue weighted by Gasteiger charge is -2.29. The van der Waals surface area contributed by atoms with E-state index in [1.165, 1.54) is 25.9 Å². The zero-order valence-electron chi connectivity index (χ0n) is 11.9. The van der Waals surface area contributed by atoms with Crippen molar-refractivity contribution >= 4 is 17.3 Å². The van der Waals surface area contributed by atoms with Crippen LogP contribution < -0.4 is 11.1 Å². The lowest BCUT2D eigenvalue weighted by atomic mass is 9.94. The molecule has 1 aliphatic heterocycles. The lowest BCUT2D eigenvalue weighted by Crippen LogP contribution is -2.30. The molecule has 5 heteroatoms. The fourth-order valence-corrected chi connectivity index (χ4v) is 2.62. The number of likely N-dealkylation sites (tertiary alicyclic amines) is 1. The van der Waals surface area contributed by atoms with E-state index in [4.69, 9.17) is 10.8 Å². The third-order valence-corrected chi connectivity index (χ3v) is 4.00. The summed E-state index contributed by atoms with van der Waals surface area (Å²) >= 11 is 0. The summed E-state index contributed by atoms with van der Waals surface area (Å²) in [6.07, 6.45) is 3.63. The van der Waals surface area contributed by atoms with Gasteiger partial charge in [0.15, 0.2) is 0 Å². The fourth-order valence-electron chi connectivity index (χ4n) is 2.62. The Morgan fingerprint density at radius 1 is 1.45 bits per heavy atom. The number of hydrogen-bond donors (Lipinski definition) is 3. The molecule has 0 unspecified atom stereocenters. The van der Waals surface area contributed by atoms with Gasteiger partial charge >= 0.3 is 5.97 Å². The highest BCUT2D eigenvalue weighted by atomic mass is 16.4. The predicted molar refractivity (Wildman–Crippen MR) is 81.1 cm³/mol. The molecule has 0 amide bonds. The van der Waals surface area contributed by atoms with Gasteiger partial charge in [0.2, 0.25) is 0 Å². The van der Waals surface area contributed by atoms with Crippen molar-refractivity contribution in [3.63, 3.8) is 0 Å². The van der Waals surface area contributed by atoms with E-state index in [0.717, 1.165) is 24.6 Å². The molecule has 4 N–H and O–H groups in total. The van der Waals surface area contributed by atoms with E-state index in [1.54, 1.807) is 12.1 Å². The number of aromatic carboxylic acids is 1. The van der Waals surface area contributed by atoms with Crippen LogP contribution in [-0.4, -0.2) is 42.7 Å². The maximum absolute atomic E-state index is 11.0. The minimum atomic E-state index is -0.985. The SMILES string of the molecule is CN1CCC(CCNc2ccc(N)c(C(=O)O)c2)CC1. The second kappa shape index (κ2) is 6.61. The number of piperidine rings is 1. The first-order valence-corrected chi connectivity index (χ1v) is 7.11. The van der Waals surface area contributed by atoms with E-state index >= 15 is 0 Å². The van der Waals surface area contributed by atoms with Crippen LogP contribution >= 0.6 is 0 Å². The number of rotatable bonds is 5. The Hall–Kier alpha value is -1.75. The first-order valence-electron chi connectivity index (χ1n) is 7.11. The van der Waals surface area contributed by atoms with E-state index in [2.05, 4.69) is 17.3 Å². The van der Waals surface area contributed by atoms with Crippen LogP contribution in [0.4, 0.5) is 11.4 Å². The quantitative estimate of drug-likeness (QED) is 0.718. The molecule has 1 saturated heterocycles. The van der Waals surface area contributed by atoms with Crippen molar-refractivity contribution in [3.05, 3.63) is 23.8 Å². The number of benzene rings is 1. The van der Waals surface area contributed by atoms with Gasteiger partial charge in [-0.05, 0) is 63.5 Å². The molecule has 0 spiro atoms. The molecule has 0 atom stereocenters. The van der Waals surface area contributed by atoms with Crippen molar-refractivity contribution in [2.24, 2.45) is 5.92 Å². The van der Waals surface area contributed by atoms with E-state index < -0.39 is 5.97 Å². The predicted octanol–water partition coefficient (Wildman–Crippen LogP) is 2.11. The average molecular weight is 277 g/mol. The molecular weight excluding hydrogens is 254 g/mol. The van der Waals surface area contributed by atoms with Gasteiger partial charge in [0.05, 0.1) is 5.56 Å². The molecule has 0 aromatic heterocycles. The number of carboxylic acids is 1. The lowest BCUT2D eigenvalue weighted by molar-refractivity contribution is 0.0698. The van der Waals surface area contributed by atoms with Crippen LogP contribution in [0.3, 0.4) is 0 Å². The molecule has 0 aliphatic carbocycles. The number of nitrogen functional groups attached to an aromatic ring is 1. The van der Waals surface area contributed by atoms with Gasteiger partial charge < -0.3 is 21.1 Å². The monoisotopic (exact) mass is 277 g/mol. The Morgan fingerprint density at radius 2 is 2.15 bits per heavy atom. The van der Waals surface area contributed by atoms with E-state index in [0.29, 0.717) is 5.69 Å². The minimum Gasteiger partial charge on any atom is -0.478 e. The summed E-state index contributed by atoms with van der Waals surface area (Å²) in [5.41, 5.74) is 6.92. The third-order valence-electron chi connectivity index (χ3n) is 4.00. The third kappa shape index (κ3) is 3.87. The van der Waals surface area contributed by atoms with Gasteiger partial charge in [-0.1, -0.05) is 0 Å². The number of carboxylic acid groups (broad SMARTS) is 1. The fraction of sp³-hybridized carbons (Fsp3) is 0.533. The molecule has 2 rings (SSSR count). The maximum atomic E-state index is 11.0. The molecule has 20 heavy (non-hydrogen) atoms. The van der Waals surface area contributed by atoms with Crippen LogP contribution in [-0.2, 0) is 0 Å². The summed E-state index contributed by atoms with van der Waals surface area (Å²) in [5, 5.41) is 12.3. The second-order valence-electron chi connectivity index (χ2n) is 5.57. The number of nitrogens with zero attached hydrogens (tertiary/aromatic N) is 1. The molecule has 0 radical (unpaired) electrons. The van der Waals surface area contributed by atoms with Crippen molar-refractivity contribution in [2.75, 3.05) is 37.7 Å². The van der Waals surface area contributed by atoms with Gasteiger partial charge in [-0.2, -0.15) is 0 Å². The Balaban J connectivity index is 1.82. The second-order valence-corrected chi connectivity index (χ2v) is 5.57. The van der Waals surface area contributed by atoms with Crippen molar-refractivity contribution in [3.8, 4) is 0 Å². The zero-order valence-corrected chi connectivity index (χ0v) is 11.9. The number of nitrogens with two attached hydrogens (primary N) is 1. The molecule has 0 bridgehead atoms. The van der Waals surface area contributed by atoms with Crippen molar-refractivity contribution in [1.82, 2.24) is 4.90 Å². The van der Waals surface area contributed by atoms with Crippen LogP contribution in [0.15, 0.2) is 18.2 Å². The summed E-state index contributed by atoms with van der Waals surface area (Å²) in [6.45, 7) is 3.22. The minimum absolute atomic E-state index is 0.161. The maximum Gasteiger partial charge on any atom is 0.337 e. The van der Waals surface area contributed by atoms with Crippen LogP contribution in [0.2, 0.25) is 0 Å². The largest absolute Gasteiger partial charge is 0.478 e. The van der Waals surface area contributed by atoms with Gasteiger partial charge in [-0.25, -0.2) is 4.79 Å². The Kier molecular flexibility index (Phi) is 4.84. The number of carbonyl (C=O) groups is 1. The van der Waals surface area contributed by atoms with Gasteiger partial charge in [0.1, 0.15) is 0 Å². The normalized spacial score (nSPS) is 17.1. The Labute approximate surface area is 119 Å². The van der Waals surface area contributed by atoms with Gasteiger partial charge in [-0.3, -0.25) is 0 Å². The van der Waals surface area contributed by atoms with Crippen LogP contribution in [0, 0.1) is 5.92 Å². The van der Waals surface area contributed by atoms with Crippen LogP contribution in [0.5, 0.6) is 0 Å². The Bertz CT molecular complexity index is 468. The standard InChI is InChI=1S/C15H23N3O2/c1-18-8-5-11(6-9-18)4-7-17-12-2-3-14(16)13(10-12)15(19)20/h2-3,10-11,17H,4-9,16H2,1H3,(H,19,20). The molecule has 1 aromatic rings. The highest BCUT2D eigenvalue weighted by Gasteiger charge is 2.16. The number of anilines is 2. The van der Waals surface area contributed by atoms with Crippen molar-refractivity contribution in [1.29, 1.82) is 0 Å². The first-order chi connectivity index (χ1) is 9.56. The topological polar surface area (TPSA) is 78.6 Å². The summed E-state index contributed by atoms with van der Waals surface area (Å²) in [7, 11) is 2.16. The van der Waals surface area contributed by atoms with Crippen molar-refractivity contribution in [2.45, 2.75) is 19.3 Å². The van der Waals surface area contributed by atoms with Crippen molar-refractivity contribution < 1.29 is 9.90 Å². The first kappa shape index (κ1) is 14.7. The molecule has 110 valence electrons. The van der Waals surface area contributed by atoms with Gasteiger partial charge in [0, 0.05) is 17.9 Å². The van der Waals surface area contributed by atoms with Crippen LogP contribution in [0.25, 0.3) is 0 Å². The molecule has 1 aromatic carbocycles. The highest BCUT2D eigenvalue weighted by molar-refractivity contribution is 5.94. The van der Waals surface area contributed by atoms with E-state index in [1.807, 2.05) is 6.07 Å². The highest BCUT2D eigenvalue weighted by Crippen LogP contribution is 2.21. The number of nitrogens with one attached hydrogen (secondary N) is 1. The molecular formula is C15H23N3O2. The summed E-state index contributed by atoms with van der Waals surface area (Å²) in [6, 6.07) is 5.07. The van der Waals surface area contributed by atoms with Crippen LogP contribution in [0.1, 0.15) is 29.6 Å². The molecule has 0 saturated carbocycles. The summed E-state index contributed by atoms with van der Waals surface area (Å²) in [5.74, 6) is -0.215. The smallest absolute Gasteiger partial charge is 0.337 e. The summed E-state index contributed by atoms with van der Waals surface area (Å²) in [4.78, 5) is 13.4. The molecule has 1 aliphatic rings.